The van der Waals surface area contributed by atoms with E-state index in [4.69, 9.17) is 37.8 Å². The zero-order valence-corrected chi connectivity index (χ0v) is 87.2. The molecule has 6 aromatic carbocycles. The number of aliphatic hydroxyl groups excluding tert-OH is 1. The van der Waals surface area contributed by atoms with Gasteiger partial charge in [-0.05, 0) is 254 Å². The molecule has 150 heavy (non-hydrogen) atoms. The van der Waals surface area contributed by atoms with E-state index < -0.39 is 102 Å². The number of H-pyrrole nitrogens is 7. The van der Waals surface area contributed by atoms with Crippen molar-refractivity contribution in [1.29, 1.82) is 31.6 Å². The highest BCUT2D eigenvalue weighted by Gasteiger charge is 2.32. The third kappa shape index (κ3) is 28.9. The zero-order valence-electron chi connectivity index (χ0n) is 87.2. The predicted molar refractivity (Wildman–Crippen MR) is 564 cm³/mol. The van der Waals surface area contributed by atoms with Gasteiger partial charge in [-0.3, -0.25) is 110 Å². The number of nitrogens with zero attached hydrogens (tertiary/aromatic N) is 11. The van der Waals surface area contributed by atoms with Crippen molar-refractivity contribution in [2.75, 3.05) is 6.61 Å². The van der Waals surface area contributed by atoms with Crippen molar-refractivity contribution in [2.45, 2.75) is 227 Å². The maximum Gasteiger partial charge on any atom is 0.329 e. The van der Waals surface area contributed by atoms with Crippen LogP contribution in [-0.4, -0.2) is 104 Å². The van der Waals surface area contributed by atoms with E-state index in [-0.39, 0.29) is 177 Å². The molecule has 8 N–H and O–H groups in total. The lowest BCUT2D eigenvalue weighted by atomic mass is 9.95. The highest BCUT2D eigenvalue weighted by Crippen LogP contribution is 2.28. The molecular formula is C113H114N18O19. The molecule has 0 aliphatic rings. The minimum absolute atomic E-state index is 0.0101. The van der Waals surface area contributed by atoms with Crippen LogP contribution in [0.1, 0.15) is 349 Å². The average molecular weight is 2030 g/mol. The van der Waals surface area contributed by atoms with E-state index in [0.29, 0.717) is 38.9 Å². The zero-order chi connectivity index (χ0) is 112. The Hall–Kier alpha value is -18.8. The lowest BCUT2D eigenvalue weighted by molar-refractivity contribution is 0.101. The number of aromatic nitrogens is 12. The number of hydrogen-bond acceptors (Lipinski definition) is 25. The van der Waals surface area contributed by atoms with Crippen LogP contribution in [0.2, 0.25) is 0 Å². The van der Waals surface area contributed by atoms with Gasteiger partial charge in [0, 0.05) is 93.0 Å². The Morgan fingerprint density at radius 3 is 0.827 bits per heavy atom. The fourth-order valence-corrected chi connectivity index (χ4v) is 16.5. The molecule has 0 saturated carbocycles. The summed E-state index contributed by atoms with van der Waals surface area (Å²) in [4.78, 5) is 241. The molecular weight excluding hydrogens is 1910 g/mol. The SMILES string of the molecule is C#CCn1c(C(=O)c2cc(C)cc(C#N)c2)c(C(C)C)c(=O)[nH]c1=O.CC#CCn1c(C(=O)c2cc(C)cc(C#N)c2)c(C(C)C)c(=O)[nH]c1=O.CC(C)=CCn1c(C(=O)c2cc(C)cc(C#N)c2)c(C(C)C)c(=O)[nH]c1=O.CCn1c(C(=O)c2cc(C)cc(C#N)c2)c(C(C)C)c(=O)[nH]c1=O.Cc1cc(C#N)cc(C(=O)c2[nH]c(=O)[nH]c(=O)c2C(C)C)c1.Cc1cc(C#N)cc(C(=O)c2c(C(C)C)c(=O)[nH]c(=O)n2CCCO)c1. The number of carbonyl (C=O) groups is 6. The number of aliphatic hydroxyl groups is 1. The molecule has 12 rings (SSSR count). The van der Waals surface area contributed by atoms with Crippen molar-refractivity contribution >= 4 is 34.7 Å². The standard InChI is InChI=1S/C21H23N3O3.C20H19N3O3.C19H21N3O4.C19H17N3O3.C18H19N3O3.C16H15N3O3/c1-12(2)6-7-24-18(17(13(3)4)20(26)23-21(24)27)19(25)16-9-14(5)8-15(10-16)11-22;1-5-6-7-23-17(16(12(2)3)19(25)22-20(23)26)18(24)15-9-13(4)8-14(10-15)11-21;1-11(2)15-16(22(5-4-6-23)19(26)21-18(15)25)17(24)14-8-12(3)7-13(9-14)10-20;1-5-6-22-16(15(11(2)3)18(24)21-19(22)25)17(23)14-8-12(4)7-13(9-14)10-20;1-5-21-15(14(10(2)3)17(23)20-18(21)24)16(22)13-7-11(4)6-12(8-13)9-19;1-8(2)12-13(18-16(22)19-15(12)21)14(20)11-5-9(3)4-10(6-11)7-17/h6,8-10,13H,7H2,1-5H3,(H,23,26,27);8-10,12H,7H2,1-4H3,(H,22,25,26);7-9,11,23H,4-6H2,1-3H3,(H,21,25,26);1,7-9,11H,6H2,2-4H3,(H,21,24,25);6-8,10H,5H2,1-4H3,(H,20,23,24);4-6,8H,1-3H3,(H2,18,19,21,22). The Kier molecular flexibility index (Phi) is 41.4. The third-order valence-electron chi connectivity index (χ3n) is 22.9. The summed E-state index contributed by atoms with van der Waals surface area (Å²) < 4.78 is 6.04. The molecule has 6 heterocycles. The van der Waals surface area contributed by atoms with E-state index in [1.54, 1.807) is 211 Å². The van der Waals surface area contributed by atoms with Crippen LogP contribution in [0.25, 0.3) is 0 Å². The molecule has 0 amide bonds. The summed E-state index contributed by atoms with van der Waals surface area (Å²) in [5, 5.41) is 63.8. The van der Waals surface area contributed by atoms with Crippen LogP contribution < -0.4 is 67.5 Å². The Bertz CT molecular complexity index is 8630. The number of terminal acetylenes is 1. The summed E-state index contributed by atoms with van der Waals surface area (Å²) in [7, 11) is 0. The highest BCUT2D eigenvalue weighted by atomic mass is 16.3. The van der Waals surface area contributed by atoms with E-state index in [0.717, 1.165) is 43.5 Å². The van der Waals surface area contributed by atoms with Gasteiger partial charge in [0.05, 0.1) is 88.6 Å². The molecule has 0 bridgehead atoms. The third-order valence-corrected chi connectivity index (χ3v) is 22.9. The van der Waals surface area contributed by atoms with Crippen molar-refractivity contribution < 1.29 is 33.9 Å². The van der Waals surface area contributed by atoms with Gasteiger partial charge in [-0.1, -0.05) is 107 Å². The lowest BCUT2D eigenvalue weighted by Gasteiger charge is -2.17. The second-order valence-corrected chi connectivity index (χ2v) is 37.1. The second kappa shape index (κ2) is 52.6. The van der Waals surface area contributed by atoms with Gasteiger partial charge in [0.2, 0.25) is 34.7 Å². The van der Waals surface area contributed by atoms with E-state index in [9.17, 15) is 91.6 Å². The minimum Gasteiger partial charge on any atom is -0.396 e. The maximum atomic E-state index is 13.3. The normalized spacial score (nSPS) is 10.5. The fraction of sp³-hybridized carbons (Fsp3) is 0.310. The quantitative estimate of drug-likeness (QED) is 0.0142. The number of nitriles is 6. The minimum atomic E-state index is -0.733. The van der Waals surface area contributed by atoms with Gasteiger partial charge in [0.15, 0.2) is 0 Å². The lowest BCUT2D eigenvalue weighted by Crippen LogP contribution is -2.38. The Morgan fingerprint density at radius 1 is 0.333 bits per heavy atom. The Labute approximate surface area is 860 Å². The molecule has 0 aliphatic heterocycles. The number of hydrogen-bond donors (Lipinski definition) is 8. The monoisotopic (exact) mass is 2030 g/mol. The molecule has 12 aromatic rings. The number of allylic oxidation sites excluding steroid dienone is 2. The first-order valence-corrected chi connectivity index (χ1v) is 47.4. The van der Waals surface area contributed by atoms with E-state index in [2.05, 4.69) is 52.6 Å². The first kappa shape index (κ1) is 118. The molecule has 0 aliphatic carbocycles. The summed E-state index contributed by atoms with van der Waals surface area (Å²) in [5.41, 5.74) is 3.09. The van der Waals surface area contributed by atoms with Gasteiger partial charge >= 0.3 is 34.1 Å². The Morgan fingerprint density at radius 2 is 0.573 bits per heavy atom. The van der Waals surface area contributed by atoms with Gasteiger partial charge in [0.25, 0.3) is 33.4 Å². The van der Waals surface area contributed by atoms with Crippen molar-refractivity contribution in [3.8, 4) is 60.6 Å². The number of carbonyl (C=O) groups excluding carboxylic acids is 6. The number of benzene rings is 6. The molecule has 0 radical (unpaired) electrons. The molecule has 37 heteroatoms. The average Bonchev–Trinajstić information content (AvgIpc) is 0.783. The van der Waals surface area contributed by atoms with Crippen LogP contribution >= 0.6 is 0 Å². The molecule has 0 unspecified atom stereocenters. The van der Waals surface area contributed by atoms with Crippen LogP contribution in [0, 0.1) is 134 Å². The topological polar surface area (TPSA) is 605 Å². The number of rotatable bonds is 26. The van der Waals surface area contributed by atoms with Crippen molar-refractivity contribution in [3.63, 3.8) is 0 Å². The van der Waals surface area contributed by atoms with Crippen LogP contribution in [0.5, 0.6) is 0 Å². The number of nitrogens with one attached hydrogen (secondary N) is 7. The summed E-state index contributed by atoms with van der Waals surface area (Å²) in [5.74, 6) is 3.35. The van der Waals surface area contributed by atoms with E-state index >= 15 is 0 Å². The molecule has 0 spiro atoms. The molecule has 37 nitrogen and oxygen atoms in total. The van der Waals surface area contributed by atoms with Crippen LogP contribution in [0.3, 0.4) is 0 Å². The Balaban J connectivity index is 0.000000244. The van der Waals surface area contributed by atoms with Gasteiger partial charge in [-0.2, -0.15) is 31.6 Å². The van der Waals surface area contributed by atoms with E-state index in [1.807, 2.05) is 56.3 Å². The molecule has 0 saturated heterocycles. The maximum absolute atomic E-state index is 13.3. The summed E-state index contributed by atoms with van der Waals surface area (Å²) in [6, 6.07) is 40.5. The summed E-state index contributed by atoms with van der Waals surface area (Å²) in [6.07, 6.45) is 7.40. The summed E-state index contributed by atoms with van der Waals surface area (Å²) >= 11 is 0. The molecule has 770 valence electrons. The van der Waals surface area contributed by atoms with Crippen LogP contribution in [-0.2, 0) is 32.7 Å². The van der Waals surface area contributed by atoms with Gasteiger partial charge in [-0.25, -0.2) is 28.8 Å². The number of aromatic amines is 7. The fourth-order valence-electron chi connectivity index (χ4n) is 16.5. The number of aryl methyl sites for hydroxylation is 6. The summed E-state index contributed by atoms with van der Waals surface area (Å²) in [6.45, 7) is 39.3. The van der Waals surface area contributed by atoms with Gasteiger partial charge < -0.3 is 10.1 Å². The van der Waals surface area contributed by atoms with Crippen molar-refractivity contribution in [2.24, 2.45) is 0 Å². The van der Waals surface area contributed by atoms with Crippen LogP contribution in [0.4, 0.5) is 0 Å². The number of ketones is 6. The van der Waals surface area contributed by atoms with Crippen LogP contribution in [0.15, 0.2) is 178 Å². The van der Waals surface area contributed by atoms with E-state index in [1.165, 1.54) is 54.7 Å². The van der Waals surface area contributed by atoms with Gasteiger partial charge in [0.1, 0.15) is 28.5 Å². The molecule has 6 aromatic heterocycles. The van der Waals surface area contributed by atoms with Crippen molar-refractivity contribution in [1.82, 2.24) is 57.7 Å². The molecule has 0 atom stereocenters. The van der Waals surface area contributed by atoms with Crippen molar-refractivity contribution in [3.05, 3.63) is 414 Å². The predicted octanol–water partition coefficient (Wildman–Crippen LogP) is 12.0. The highest BCUT2D eigenvalue weighted by molar-refractivity contribution is 6.12. The smallest absolute Gasteiger partial charge is 0.329 e. The molecule has 0 fully saturated rings. The largest absolute Gasteiger partial charge is 0.396 e. The second-order valence-electron chi connectivity index (χ2n) is 37.1. The van der Waals surface area contributed by atoms with Gasteiger partial charge in [-0.15, -0.1) is 12.3 Å². The first-order valence-electron chi connectivity index (χ1n) is 47.4. The first-order chi connectivity index (χ1) is 70.7.